The molecular formula is C22H27N3O2. The number of aryl methyl sites for hydroxylation is 1. The number of carbonyl (C=O) groups excluding carboxylic acids is 1. The van der Waals surface area contributed by atoms with Gasteiger partial charge in [-0.25, -0.2) is 4.79 Å². The van der Waals surface area contributed by atoms with Gasteiger partial charge in [-0.15, -0.1) is 0 Å². The van der Waals surface area contributed by atoms with Gasteiger partial charge in [0.2, 0.25) is 0 Å². The van der Waals surface area contributed by atoms with Gasteiger partial charge < -0.3 is 19.9 Å². The van der Waals surface area contributed by atoms with E-state index in [4.69, 9.17) is 4.74 Å². The van der Waals surface area contributed by atoms with Crippen LogP contribution in [0.15, 0.2) is 48.5 Å². The van der Waals surface area contributed by atoms with E-state index in [-0.39, 0.29) is 6.09 Å². The summed E-state index contributed by atoms with van der Waals surface area (Å²) in [5.74, 6) is 0. The second-order valence-electron chi connectivity index (χ2n) is 7.26. The molecule has 1 N–H and O–H groups in total. The van der Waals surface area contributed by atoms with Crippen LogP contribution in [0.3, 0.4) is 0 Å². The fraction of sp³-hybridized carbons (Fsp3) is 0.409. The average molecular weight is 365 g/mol. The first kappa shape index (κ1) is 17.9. The molecule has 2 aromatic carbocycles. The lowest BCUT2D eigenvalue weighted by Gasteiger charge is -2.30. The Morgan fingerprint density at radius 2 is 1.81 bits per heavy atom. The summed E-state index contributed by atoms with van der Waals surface area (Å²) < 4.78 is 5.53. The lowest BCUT2D eigenvalue weighted by Crippen LogP contribution is -2.43. The summed E-state index contributed by atoms with van der Waals surface area (Å²) in [7, 11) is 0. The van der Waals surface area contributed by atoms with E-state index in [2.05, 4.69) is 28.4 Å². The fourth-order valence-electron chi connectivity index (χ4n) is 3.83. The van der Waals surface area contributed by atoms with Crippen LogP contribution >= 0.6 is 0 Å². The maximum atomic E-state index is 12.5. The van der Waals surface area contributed by atoms with Crippen LogP contribution in [0.25, 0.3) is 0 Å². The zero-order chi connectivity index (χ0) is 18.5. The van der Waals surface area contributed by atoms with Crippen LogP contribution in [0.1, 0.15) is 23.1 Å². The van der Waals surface area contributed by atoms with Gasteiger partial charge in [-0.2, -0.15) is 0 Å². The number of fused-ring (bicyclic) bond motifs is 1. The van der Waals surface area contributed by atoms with E-state index in [0.29, 0.717) is 13.2 Å². The molecule has 0 unspecified atom stereocenters. The van der Waals surface area contributed by atoms with Crippen molar-refractivity contribution in [3.63, 3.8) is 0 Å². The molecule has 1 fully saturated rings. The molecule has 0 radical (unpaired) electrons. The van der Waals surface area contributed by atoms with Crippen LogP contribution in [0.2, 0.25) is 0 Å². The first-order chi connectivity index (χ1) is 13.3. The van der Waals surface area contributed by atoms with Crippen molar-refractivity contribution < 1.29 is 9.53 Å². The molecule has 5 nitrogen and oxygen atoms in total. The number of amides is 1. The van der Waals surface area contributed by atoms with Crippen molar-refractivity contribution in [3.8, 4) is 0 Å². The van der Waals surface area contributed by atoms with E-state index in [1.54, 1.807) is 0 Å². The van der Waals surface area contributed by atoms with E-state index >= 15 is 0 Å². The molecule has 5 heteroatoms. The number of hydrogen-bond donors (Lipinski definition) is 1. The highest BCUT2D eigenvalue weighted by Gasteiger charge is 2.21. The van der Waals surface area contributed by atoms with Crippen LogP contribution in [0.5, 0.6) is 0 Å². The van der Waals surface area contributed by atoms with Gasteiger partial charge in [-0.05, 0) is 41.7 Å². The van der Waals surface area contributed by atoms with Crippen LogP contribution < -0.4 is 10.2 Å². The smallest absolute Gasteiger partial charge is 0.410 e. The van der Waals surface area contributed by atoms with Gasteiger partial charge in [-0.1, -0.05) is 36.4 Å². The van der Waals surface area contributed by atoms with Crippen molar-refractivity contribution in [2.45, 2.75) is 26.0 Å². The number of anilines is 1. The molecule has 2 heterocycles. The van der Waals surface area contributed by atoms with Crippen LogP contribution in [-0.4, -0.2) is 43.7 Å². The molecule has 2 aliphatic heterocycles. The lowest BCUT2D eigenvalue weighted by atomic mass is 10.0. The van der Waals surface area contributed by atoms with Crippen LogP contribution in [0.4, 0.5) is 10.5 Å². The Morgan fingerprint density at radius 3 is 2.63 bits per heavy atom. The van der Waals surface area contributed by atoms with Gasteiger partial charge in [0.1, 0.15) is 6.61 Å². The van der Waals surface area contributed by atoms with Crippen molar-refractivity contribution in [2.75, 3.05) is 37.6 Å². The Bertz CT molecular complexity index is 772. The summed E-state index contributed by atoms with van der Waals surface area (Å²) in [5.41, 5.74) is 4.92. The van der Waals surface area contributed by atoms with Gasteiger partial charge in [0.15, 0.2) is 0 Å². The van der Waals surface area contributed by atoms with E-state index < -0.39 is 0 Å². The van der Waals surface area contributed by atoms with Crippen molar-refractivity contribution >= 4 is 11.8 Å². The number of nitrogens with one attached hydrogen (secondary N) is 1. The number of rotatable bonds is 3. The first-order valence-electron chi connectivity index (χ1n) is 9.83. The standard InChI is InChI=1S/C22H27N3O2/c26-22(27-17-18-5-2-1-3-6-18)25-12-4-7-19-15-21(9-8-20(19)16-25)24-13-10-23-11-14-24/h1-3,5-6,8-9,15,23H,4,7,10-14,16-17H2. The minimum absolute atomic E-state index is 0.224. The topological polar surface area (TPSA) is 44.8 Å². The van der Waals surface area contributed by atoms with E-state index in [9.17, 15) is 4.79 Å². The third-order valence-corrected chi connectivity index (χ3v) is 5.37. The average Bonchev–Trinajstić information content (AvgIpc) is 2.95. The monoisotopic (exact) mass is 365 g/mol. The van der Waals surface area contributed by atoms with Crippen LogP contribution in [-0.2, 0) is 24.3 Å². The van der Waals surface area contributed by atoms with Crippen LogP contribution in [0, 0.1) is 0 Å². The molecule has 0 bridgehead atoms. The highest BCUT2D eigenvalue weighted by atomic mass is 16.6. The van der Waals surface area contributed by atoms with Gasteiger partial charge in [-0.3, -0.25) is 0 Å². The summed E-state index contributed by atoms with van der Waals surface area (Å²) >= 11 is 0. The SMILES string of the molecule is O=C(OCc1ccccc1)N1CCCc2cc(N3CCNCC3)ccc2C1. The summed E-state index contributed by atoms with van der Waals surface area (Å²) in [4.78, 5) is 16.8. The number of benzene rings is 2. The lowest BCUT2D eigenvalue weighted by molar-refractivity contribution is 0.0942. The maximum absolute atomic E-state index is 12.5. The Hall–Kier alpha value is -2.53. The molecule has 2 aliphatic rings. The Morgan fingerprint density at radius 1 is 1.00 bits per heavy atom. The van der Waals surface area contributed by atoms with Gasteiger partial charge >= 0.3 is 6.09 Å². The minimum atomic E-state index is -0.224. The molecule has 142 valence electrons. The quantitative estimate of drug-likeness (QED) is 0.907. The maximum Gasteiger partial charge on any atom is 0.410 e. The molecule has 27 heavy (non-hydrogen) atoms. The molecule has 0 atom stereocenters. The van der Waals surface area contributed by atoms with Crippen molar-refractivity contribution in [1.82, 2.24) is 10.2 Å². The second kappa shape index (κ2) is 8.44. The summed E-state index contributed by atoms with van der Waals surface area (Å²) in [6.45, 7) is 5.88. The molecular weight excluding hydrogens is 338 g/mol. The number of ether oxygens (including phenoxy) is 1. The summed E-state index contributed by atoms with van der Waals surface area (Å²) in [6.07, 6.45) is 1.76. The predicted octanol–water partition coefficient (Wildman–Crippen LogP) is 3.18. The highest BCUT2D eigenvalue weighted by Crippen LogP contribution is 2.25. The zero-order valence-corrected chi connectivity index (χ0v) is 15.7. The first-order valence-corrected chi connectivity index (χ1v) is 9.83. The summed E-state index contributed by atoms with van der Waals surface area (Å²) in [6, 6.07) is 16.5. The molecule has 0 aromatic heterocycles. The second-order valence-corrected chi connectivity index (χ2v) is 7.26. The number of hydrogen-bond acceptors (Lipinski definition) is 4. The molecule has 4 rings (SSSR count). The van der Waals surface area contributed by atoms with E-state index in [1.165, 1.54) is 16.8 Å². The minimum Gasteiger partial charge on any atom is -0.445 e. The Labute approximate surface area is 160 Å². The Kier molecular flexibility index (Phi) is 5.58. The normalized spacial score (nSPS) is 17.2. The molecule has 0 aliphatic carbocycles. The fourth-order valence-corrected chi connectivity index (χ4v) is 3.83. The molecule has 2 aromatic rings. The number of carbonyl (C=O) groups is 1. The van der Waals surface area contributed by atoms with Gasteiger partial charge in [0, 0.05) is 45.0 Å². The summed E-state index contributed by atoms with van der Waals surface area (Å²) in [5, 5.41) is 3.40. The molecule has 1 saturated heterocycles. The van der Waals surface area contributed by atoms with Gasteiger partial charge in [0.05, 0.1) is 0 Å². The predicted molar refractivity (Wildman–Crippen MR) is 107 cm³/mol. The van der Waals surface area contributed by atoms with Crippen molar-refractivity contribution in [2.24, 2.45) is 0 Å². The molecule has 0 spiro atoms. The number of nitrogens with zero attached hydrogens (tertiary/aromatic N) is 2. The van der Waals surface area contributed by atoms with Crippen molar-refractivity contribution in [3.05, 3.63) is 65.2 Å². The number of piperazine rings is 1. The highest BCUT2D eigenvalue weighted by molar-refractivity contribution is 5.68. The van der Waals surface area contributed by atoms with E-state index in [1.807, 2.05) is 35.2 Å². The Balaban J connectivity index is 1.41. The third-order valence-electron chi connectivity index (χ3n) is 5.37. The van der Waals surface area contributed by atoms with Gasteiger partial charge in [0.25, 0.3) is 0 Å². The van der Waals surface area contributed by atoms with E-state index in [0.717, 1.165) is 51.1 Å². The largest absolute Gasteiger partial charge is 0.445 e. The third kappa shape index (κ3) is 4.42. The zero-order valence-electron chi connectivity index (χ0n) is 15.7. The molecule has 0 saturated carbocycles. The molecule has 1 amide bonds. The van der Waals surface area contributed by atoms with Crippen molar-refractivity contribution in [1.29, 1.82) is 0 Å².